The molecule has 0 unspecified atom stereocenters. The van der Waals surface area contributed by atoms with Crippen LogP contribution in [-0.4, -0.2) is 19.6 Å². The van der Waals surface area contributed by atoms with Gasteiger partial charge in [-0.1, -0.05) is 23.7 Å². The number of amides is 1. The van der Waals surface area contributed by atoms with Crippen molar-refractivity contribution in [3.63, 3.8) is 0 Å². The Kier molecular flexibility index (Phi) is 6.55. The van der Waals surface area contributed by atoms with Crippen molar-refractivity contribution in [2.45, 2.75) is 19.3 Å². The first-order valence-corrected chi connectivity index (χ1v) is 9.26. The molecule has 0 saturated heterocycles. The van der Waals surface area contributed by atoms with Crippen LogP contribution < -0.4 is 10.1 Å². The van der Waals surface area contributed by atoms with E-state index in [1.807, 2.05) is 60.7 Å². The van der Waals surface area contributed by atoms with Gasteiger partial charge in [0, 0.05) is 30.0 Å². The molecule has 0 atom stereocenters. The molecule has 1 N–H and O–H groups in total. The number of furan rings is 1. The minimum atomic E-state index is 0.0213. The van der Waals surface area contributed by atoms with Crippen LogP contribution >= 0.6 is 11.6 Å². The summed E-state index contributed by atoms with van der Waals surface area (Å²) >= 11 is 5.90. The Hall–Kier alpha value is -2.72. The first kappa shape index (κ1) is 19.1. The van der Waals surface area contributed by atoms with E-state index in [9.17, 15) is 4.79 Å². The number of hydrogen-bond acceptors (Lipinski definition) is 3. The smallest absolute Gasteiger partial charge is 0.220 e. The number of rotatable bonds is 8. The molecular formula is C22H22ClNO3. The second-order valence-electron chi connectivity index (χ2n) is 6.22. The molecule has 2 aromatic carbocycles. The van der Waals surface area contributed by atoms with Gasteiger partial charge in [0.05, 0.1) is 7.11 Å². The lowest BCUT2D eigenvalue weighted by Crippen LogP contribution is -2.25. The minimum Gasteiger partial charge on any atom is -0.497 e. The molecule has 0 aliphatic heterocycles. The summed E-state index contributed by atoms with van der Waals surface area (Å²) in [5.74, 6) is 2.43. The van der Waals surface area contributed by atoms with Gasteiger partial charge < -0.3 is 14.5 Å². The van der Waals surface area contributed by atoms with Crippen molar-refractivity contribution in [2.75, 3.05) is 13.7 Å². The molecule has 140 valence electrons. The summed E-state index contributed by atoms with van der Waals surface area (Å²) in [5.41, 5.74) is 2.13. The van der Waals surface area contributed by atoms with Gasteiger partial charge in [-0.2, -0.15) is 0 Å². The van der Waals surface area contributed by atoms with E-state index in [1.165, 1.54) is 0 Å². The molecule has 3 aromatic rings. The van der Waals surface area contributed by atoms with E-state index >= 15 is 0 Å². The van der Waals surface area contributed by atoms with Gasteiger partial charge in [0.2, 0.25) is 5.91 Å². The summed E-state index contributed by atoms with van der Waals surface area (Å²) in [4.78, 5) is 12.0. The summed E-state index contributed by atoms with van der Waals surface area (Å²) in [6, 6.07) is 19.2. The number of carbonyl (C=O) groups excluding carboxylic acids is 1. The largest absolute Gasteiger partial charge is 0.497 e. The van der Waals surface area contributed by atoms with Crippen molar-refractivity contribution in [1.29, 1.82) is 0 Å². The SMILES string of the molecule is COc1ccc(CCNC(=O)CCc2ccc(-c3ccc(Cl)cc3)o2)cc1. The number of benzene rings is 2. The van der Waals surface area contributed by atoms with Crippen LogP contribution in [0.4, 0.5) is 0 Å². The molecule has 1 amide bonds. The third-order valence-electron chi connectivity index (χ3n) is 4.28. The molecule has 5 heteroatoms. The van der Waals surface area contributed by atoms with E-state index < -0.39 is 0 Å². The Bertz CT molecular complexity index is 869. The summed E-state index contributed by atoms with van der Waals surface area (Å²) < 4.78 is 11.0. The predicted octanol–water partition coefficient (Wildman–Crippen LogP) is 4.90. The highest BCUT2D eigenvalue weighted by molar-refractivity contribution is 6.30. The van der Waals surface area contributed by atoms with Gasteiger partial charge in [0.15, 0.2) is 0 Å². The number of aryl methyl sites for hydroxylation is 1. The van der Waals surface area contributed by atoms with E-state index in [0.29, 0.717) is 24.4 Å². The van der Waals surface area contributed by atoms with Crippen LogP contribution in [0.15, 0.2) is 65.1 Å². The molecule has 0 saturated carbocycles. The van der Waals surface area contributed by atoms with E-state index in [1.54, 1.807) is 7.11 Å². The lowest BCUT2D eigenvalue weighted by atomic mass is 10.1. The highest BCUT2D eigenvalue weighted by Gasteiger charge is 2.08. The number of nitrogens with one attached hydrogen (secondary N) is 1. The number of carbonyl (C=O) groups is 1. The molecule has 0 aliphatic rings. The third-order valence-corrected chi connectivity index (χ3v) is 4.54. The standard InChI is InChI=1S/C22H22ClNO3/c1-26-19-8-2-16(3-9-19)14-15-24-22(25)13-11-20-10-12-21(27-20)17-4-6-18(23)7-5-17/h2-10,12H,11,13-15H2,1H3,(H,24,25). The van der Waals surface area contributed by atoms with Crippen LogP contribution in [0.5, 0.6) is 5.75 Å². The molecule has 27 heavy (non-hydrogen) atoms. The number of hydrogen-bond donors (Lipinski definition) is 1. The topological polar surface area (TPSA) is 51.5 Å². The second kappa shape index (κ2) is 9.28. The van der Waals surface area contributed by atoms with Gasteiger partial charge in [0.1, 0.15) is 17.3 Å². The number of ether oxygens (including phenoxy) is 1. The lowest BCUT2D eigenvalue weighted by Gasteiger charge is -2.06. The first-order chi connectivity index (χ1) is 13.1. The van der Waals surface area contributed by atoms with Gasteiger partial charge >= 0.3 is 0 Å². The number of methoxy groups -OCH3 is 1. The highest BCUT2D eigenvalue weighted by Crippen LogP contribution is 2.24. The van der Waals surface area contributed by atoms with E-state index in [0.717, 1.165) is 34.8 Å². The summed E-state index contributed by atoms with van der Waals surface area (Å²) in [6.45, 7) is 0.610. The molecule has 0 fully saturated rings. The van der Waals surface area contributed by atoms with Crippen molar-refractivity contribution >= 4 is 17.5 Å². The Morgan fingerprint density at radius 3 is 2.44 bits per heavy atom. The Balaban J connectivity index is 1.42. The molecule has 3 rings (SSSR count). The number of halogens is 1. The van der Waals surface area contributed by atoms with Crippen LogP contribution in [0.25, 0.3) is 11.3 Å². The predicted molar refractivity (Wildman–Crippen MR) is 107 cm³/mol. The van der Waals surface area contributed by atoms with Gasteiger partial charge in [-0.25, -0.2) is 0 Å². The van der Waals surface area contributed by atoms with Crippen LogP contribution in [0.3, 0.4) is 0 Å². The zero-order chi connectivity index (χ0) is 19.1. The highest BCUT2D eigenvalue weighted by atomic mass is 35.5. The quantitative estimate of drug-likeness (QED) is 0.601. The molecule has 1 heterocycles. The first-order valence-electron chi connectivity index (χ1n) is 8.88. The summed E-state index contributed by atoms with van der Waals surface area (Å²) in [5, 5.41) is 3.64. The second-order valence-corrected chi connectivity index (χ2v) is 6.66. The Morgan fingerprint density at radius 2 is 1.74 bits per heavy atom. The zero-order valence-corrected chi connectivity index (χ0v) is 16.0. The maximum Gasteiger partial charge on any atom is 0.220 e. The van der Waals surface area contributed by atoms with Crippen molar-refractivity contribution in [3.05, 3.63) is 77.0 Å². The molecule has 0 aliphatic carbocycles. The van der Waals surface area contributed by atoms with Crippen molar-refractivity contribution < 1.29 is 13.9 Å². The van der Waals surface area contributed by atoms with Crippen LogP contribution in [0, 0.1) is 0 Å². The van der Waals surface area contributed by atoms with E-state index in [-0.39, 0.29) is 5.91 Å². The molecule has 0 radical (unpaired) electrons. The summed E-state index contributed by atoms with van der Waals surface area (Å²) in [6.07, 6.45) is 1.76. The van der Waals surface area contributed by atoms with Crippen LogP contribution in [-0.2, 0) is 17.6 Å². The maximum absolute atomic E-state index is 12.0. The van der Waals surface area contributed by atoms with Gasteiger partial charge in [0.25, 0.3) is 0 Å². The molecule has 4 nitrogen and oxygen atoms in total. The van der Waals surface area contributed by atoms with Gasteiger partial charge in [-0.05, 0) is 60.5 Å². The van der Waals surface area contributed by atoms with Gasteiger partial charge in [-0.3, -0.25) is 4.79 Å². The fourth-order valence-corrected chi connectivity index (χ4v) is 2.87. The fourth-order valence-electron chi connectivity index (χ4n) is 2.75. The average molecular weight is 384 g/mol. The zero-order valence-electron chi connectivity index (χ0n) is 15.2. The molecule has 0 spiro atoms. The summed E-state index contributed by atoms with van der Waals surface area (Å²) in [7, 11) is 1.65. The minimum absolute atomic E-state index is 0.0213. The normalized spacial score (nSPS) is 10.6. The van der Waals surface area contributed by atoms with Crippen molar-refractivity contribution in [1.82, 2.24) is 5.32 Å². The average Bonchev–Trinajstić information content (AvgIpc) is 3.16. The Labute approximate surface area is 164 Å². The van der Waals surface area contributed by atoms with E-state index in [2.05, 4.69) is 5.32 Å². The monoisotopic (exact) mass is 383 g/mol. The molecule has 0 bridgehead atoms. The lowest BCUT2D eigenvalue weighted by molar-refractivity contribution is -0.121. The fraction of sp³-hybridized carbons (Fsp3) is 0.227. The third kappa shape index (κ3) is 5.63. The van der Waals surface area contributed by atoms with Crippen LogP contribution in [0.1, 0.15) is 17.7 Å². The molecular weight excluding hydrogens is 362 g/mol. The van der Waals surface area contributed by atoms with Crippen molar-refractivity contribution in [3.8, 4) is 17.1 Å². The van der Waals surface area contributed by atoms with Gasteiger partial charge in [-0.15, -0.1) is 0 Å². The van der Waals surface area contributed by atoms with Crippen molar-refractivity contribution in [2.24, 2.45) is 0 Å². The maximum atomic E-state index is 12.0. The molecule has 1 aromatic heterocycles. The van der Waals surface area contributed by atoms with E-state index in [4.69, 9.17) is 20.8 Å². The Morgan fingerprint density at radius 1 is 1.00 bits per heavy atom. The van der Waals surface area contributed by atoms with Crippen LogP contribution in [0.2, 0.25) is 5.02 Å².